The normalized spacial score (nSPS) is 11.0. The Morgan fingerprint density at radius 1 is 1.41 bits per heavy atom. The molecule has 0 atom stereocenters. The van der Waals surface area contributed by atoms with E-state index >= 15 is 0 Å². The second-order valence-corrected chi connectivity index (χ2v) is 6.96. The summed E-state index contributed by atoms with van der Waals surface area (Å²) in [5.41, 5.74) is 0.754. The molecule has 0 unspecified atom stereocenters. The molecule has 2 aromatic heterocycles. The van der Waals surface area contributed by atoms with E-state index < -0.39 is 0 Å². The molecule has 3 rings (SSSR count). The van der Waals surface area contributed by atoms with Crippen LogP contribution in [0.5, 0.6) is 5.75 Å². The second kappa shape index (κ2) is 6.73. The quantitative estimate of drug-likeness (QED) is 0.398. The lowest BCUT2D eigenvalue weighted by Gasteiger charge is -2.08. The molecule has 3 aromatic rings. The summed E-state index contributed by atoms with van der Waals surface area (Å²) in [6, 6.07) is 9.16. The summed E-state index contributed by atoms with van der Waals surface area (Å²) in [5, 5.41) is 3.23. The highest BCUT2D eigenvalue weighted by atomic mass is 35.5. The molecule has 0 amide bonds. The predicted molar refractivity (Wildman–Crippen MR) is 92.5 cm³/mol. The molecular weight excluding hydrogens is 340 g/mol. The molecule has 0 aliphatic heterocycles. The van der Waals surface area contributed by atoms with Gasteiger partial charge in [-0.3, -0.25) is 9.36 Å². The first-order valence-electron chi connectivity index (χ1n) is 6.60. The molecule has 2 heterocycles. The summed E-state index contributed by atoms with van der Waals surface area (Å²) in [7, 11) is 1.74. The molecule has 22 heavy (non-hydrogen) atoms. The van der Waals surface area contributed by atoms with Crippen LogP contribution in [-0.2, 0) is 7.05 Å². The van der Waals surface area contributed by atoms with E-state index in [1.54, 1.807) is 23.7 Å². The summed E-state index contributed by atoms with van der Waals surface area (Å²) >= 11 is 8.83. The van der Waals surface area contributed by atoms with Crippen LogP contribution in [0.1, 0.15) is 0 Å². The molecule has 0 N–H and O–H groups in total. The summed E-state index contributed by atoms with van der Waals surface area (Å²) in [6.07, 6.45) is 0. The van der Waals surface area contributed by atoms with Gasteiger partial charge < -0.3 is 4.74 Å². The number of nitrogens with zero attached hydrogens (tertiary/aromatic N) is 2. The molecule has 7 heteroatoms. The molecule has 0 radical (unpaired) electrons. The van der Waals surface area contributed by atoms with E-state index in [2.05, 4.69) is 4.98 Å². The molecule has 4 nitrogen and oxygen atoms in total. The van der Waals surface area contributed by atoms with Crippen LogP contribution in [0.4, 0.5) is 0 Å². The molecule has 0 saturated heterocycles. The van der Waals surface area contributed by atoms with Gasteiger partial charge in [-0.25, -0.2) is 4.98 Å². The Hall–Kier alpha value is -1.50. The summed E-state index contributed by atoms with van der Waals surface area (Å²) in [4.78, 5) is 16.7. The number of thiophene rings is 1. The van der Waals surface area contributed by atoms with Crippen LogP contribution in [0.15, 0.2) is 45.7 Å². The van der Waals surface area contributed by atoms with Gasteiger partial charge in [0, 0.05) is 17.8 Å². The van der Waals surface area contributed by atoms with Crippen molar-refractivity contribution in [2.24, 2.45) is 7.05 Å². The van der Waals surface area contributed by atoms with E-state index in [4.69, 9.17) is 16.3 Å². The van der Waals surface area contributed by atoms with Gasteiger partial charge in [0.15, 0.2) is 5.16 Å². The maximum atomic E-state index is 12.2. The molecule has 0 fully saturated rings. The zero-order chi connectivity index (χ0) is 15.5. The number of aromatic nitrogens is 2. The van der Waals surface area contributed by atoms with Crippen LogP contribution < -0.4 is 10.3 Å². The highest BCUT2D eigenvalue weighted by Gasteiger charge is 2.09. The van der Waals surface area contributed by atoms with Crippen LogP contribution in [0.3, 0.4) is 0 Å². The summed E-state index contributed by atoms with van der Waals surface area (Å²) in [5.74, 6) is 1.44. The van der Waals surface area contributed by atoms with E-state index in [0.717, 1.165) is 11.3 Å². The van der Waals surface area contributed by atoms with E-state index in [1.807, 2.05) is 23.6 Å². The van der Waals surface area contributed by atoms with Gasteiger partial charge in [0.2, 0.25) is 0 Å². The summed E-state index contributed by atoms with van der Waals surface area (Å²) in [6.45, 7) is 0.516. The van der Waals surface area contributed by atoms with E-state index in [0.29, 0.717) is 27.2 Å². The molecule has 0 aliphatic rings. The van der Waals surface area contributed by atoms with Crippen molar-refractivity contribution in [1.29, 1.82) is 0 Å². The Labute approximate surface area is 140 Å². The van der Waals surface area contributed by atoms with Gasteiger partial charge in [0.05, 0.1) is 12.1 Å². The van der Waals surface area contributed by atoms with Gasteiger partial charge in [-0.2, -0.15) is 0 Å². The lowest BCUT2D eigenvalue weighted by Crippen LogP contribution is -2.19. The van der Waals surface area contributed by atoms with E-state index in [9.17, 15) is 4.79 Å². The van der Waals surface area contributed by atoms with Crippen molar-refractivity contribution in [3.63, 3.8) is 0 Å². The van der Waals surface area contributed by atoms with Gasteiger partial charge in [0.1, 0.15) is 10.4 Å². The molecule has 0 bridgehead atoms. The average molecular weight is 353 g/mol. The number of benzene rings is 1. The lowest BCUT2D eigenvalue weighted by atomic mass is 10.3. The maximum Gasteiger partial charge on any atom is 0.271 e. The van der Waals surface area contributed by atoms with Gasteiger partial charge in [-0.1, -0.05) is 29.4 Å². The zero-order valence-electron chi connectivity index (χ0n) is 11.8. The molecule has 0 spiro atoms. The first kappa shape index (κ1) is 15.4. The third-order valence-corrected chi connectivity index (χ3v) is 5.15. The number of rotatable bonds is 5. The van der Waals surface area contributed by atoms with Crippen LogP contribution in [-0.4, -0.2) is 21.9 Å². The fraction of sp³-hybridized carbons (Fsp3) is 0.200. The number of ether oxygens (including phenoxy) is 1. The van der Waals surface area contributed by atoms with Crippen molar-refractivity contribution in [1.82, 2.24) is 9.55 Å². The fourth-order valence-corrected chi connectivity index (χ4v) is 3.72. The van der Waals surface area contributed by atoms with Crippen LogP contribution >= 0.6 is 34.7 Å². The molecule has 0 aliphatic carbocycles. The number of fused-ring (bicyclic) bond motifs is 1. The van der Waals surface area contributed by atoms with Crippen molar-refractivity contribution in [3.05, 3.63) is 51.1 Å². The smallest absolute Gasteiger partial charge is 0.271 e. The largest absolute Gasteiger partial charge is 0.493 e. The second-order valence-electron chi connectivity index (χ2n) is 4.55. The topological polar surface area (TPSA) is 44.1 Å². The monoisotopic (exact) mass is 352 g/mol. The number of halogens is 1. The van der Waals surface area contributed by atoms with Crippen molar-refractivity contribution >= 4 is 44.9 Å². The third kappa shape index (κ3) is 3.29. The Bertz CT molecular complexity index is 860. The third-order valence-electron chi connectivity index (χ3n) is 3.03. The van der Waals surface area contributed by atoms with E-state index in [-0.39, 0.29) is 5.56 Å². The fourth-order valence-electron chi connectivity index (χ4n) is 1.95. The van der Waals surface area contributed by atoms with Gasteiger partial charge in [-0.15, -0.1) is 11.3 Å². The van der Waals surface area contributed by atoms with E-state index in [1.165, 1.54) is 23.1 Å². The Balaban J connectivity index is 1.64. The van der Waals surface area contributed by atoms with Gasteiger partial charge in [-0.05, 0) is 29.6 Å². The Morgan fingerprint density at radius 3 is 3.09 bits per heavy atom. The minimum Gasteiger partial charge on any atom is -0.493 e. The first-order chi connectivity index (χ1) is 10.6. The van der Waals surface area contributed by atoms with Crippen molar-refractivity contribution in [2.45, 2.75) is 5.16 Å². The van der Waals surface area contributed by atoms with Crippen molar-refractivity contribution in [3.8, 4) is 5.75 Å². The van der Waals surface area contributed by atoms with Crippen LogP contribution in [0.2, 0.25) is 5.02 Å². The molecule has 114 valence electrons. The molecule has 1 aromatic carbocycles. The Kier molecular flexibility index (Phi) is 4.71. The number of hydrogen-bond acceptors (Lipinski definition) is 5. The number of thioether (sulfide) groups is 1. The first-order valence-corrected chi connectivity index (χ1v) is 8.85. The molecule has 0 saturated carbocycles. The summed E-state index contributed by atoms with van der Waals surface area (Å²) < 4.78 is 7.92. The Morgan fingerprint density at radius 2 is 2.27 bits per heavy atom. The standard InChI is InChI=1S/C15H13ClN2O2S2/c1-18-14(19)13-12(5-7-21-13)17-15(18)22-8-6-20-11-4-2-3-10(16)9-11/h2-5,7,9H,6,8H2,1H3. The van der Waals surface area contributed by atoms with Crippen LogP contribution in [0, 0.1) is 0 Å². The zero-order valence-corrected chi connectivity index (χ0v) is 14.2. The van der Waals surface area contributed by atoms with Crippen molar-refractivity contribution in [2.75, 3.05) is 12.4 Å². The average Bonchev–Trinajstić information content (AvgIpc) is 2.97. The minimum absolute atomic E-state index is 0.00161. The maximum absolute atomic E-state index is 12.2. The minimum atomic E-state index is -0.00161. The van der Waals surface area contributed by atoms with Crippen LogP contribution in [0.25, 0.3) is 10.2 Å². The SMILES string of the molecule is Cn1c(SCCOc2cccc(Cl)c2)nc2ccsc2c1=O. The van der Waals surface area contributed by atoms with Crippen molar-refractivity contribution < 1.29 is 4.74 Å². The van der Waals surface area contributed by atoms with Gasteiger partial charge >= 0.3 is 0 Å². The lowest BCUT2D eigenvalue weighted by molar-refractivity contribution is 0.344. The molecular formula is C15H13ClN2O2S2. The highest BCUT2D eigenvalue weighted by Crippen LogP contribution is 2.21. The highest BCUT2D eigenvalue weighted by molar-refractivity contribution is 7.99. The predicted octanol–water partition coefficient (Wildman–Crippen LogP) is 3.82. The number of hydrogen-bond donors (Lipinski definition) is 0. The van der Waals surface area contributed by atoms with Gasteiger partial charge in [0.25, 0.3) is 5.56 Å².